The lowest BCUT2D eigenvalue weighted by Crippen LogP contribution is -2.40. The second-order valence-electron chi connectivity index (χ2n) is 7.80. The van der Waals surface area contributed by atoms with Crippen LogP contribution in [-0.4, -0.2) is 75.2 Å². The van der Waals surface area contributed by atoms with E-state index in [9.17, 15) is 18.0 Å². The molecular weight excluding hydrogens is 410 g/mol. The monoisotopic (exact) mass is 439 g/mol. The predicted molar refractivity (Wildman–Crippen MR) is 111 cm³/mol. The first-order chi connectivity index (χ1) is 14.3. The van der Waals surface area contributed by atoms with Crippen molar-refractivity contribution >= 4 is 27.8 Å². The van der Waals surface area contributed by atoms with Crippen LogP contribution >= 0.6 is 0 Å². The molecule has 0 aromatic heterocycles. The van der Waals surface area contributed by atoms with E-state index >= 15 is 0 Å². The molecule has 3 rings (SSSR count). The zero-order valence-electron chi connectivity index (χ0n) is 17.4. The predicted octanol–water partition coefficient (Wildman–Crippen LogP) is 0.637. The largest absolute Gasteiger partial charge is 0.466 e. The quantitative estimate of drug-likeness (QED) is 0.457. The molecule has 0 spiro atoms. The lowest BCUT2D eigenvalue weighted by atomic mass is 9.88. The fourth-order valence-electron chi connectivity index (χ4n) is 3.92. The molecule has 9 nitrogen and oxygen atoms in total. The van der Waals surface area contributed by atoms with E-state index < -0.39 is 14.8 Å². The number of carbonyl (C=O) groups excluding carboxylic acids is 2. The van der Waals surface area contributed by atoms with E-state index in [0.717, 1.165) is 0 Å². The molecule has 0 radical (unpaired) electrons. The number of aliphatic imine (C=N–C) groups is 1. The van der Waals surface area contributed by atoms with Gasteiger partial charge in [0.25, 0.3) is 0 Å². The number of likely N-dealkylation sites (tertiary alicyclic amines) is 1. The summed E-state index contributed by atoms with van der Waals surface area (Å²) in [5.41, 5.74) is 0. The third-order valence-electron chi connectivity index (χ3n) is 5.77. The molecule has 0 bridgehead atoms. The second-order valence-corrected chi connectivity index (χ2v) is 9.89. The van der Waals surface area contributed by atoms with E-state index in [4.69, 9.17) is 9.47 Å². The smallest absolute Gasteiger partial charge is 0.320 e. The number of rotatable bonds is 7. The van der Waals surface area contributed by atoms with Gasteiger partial charge < -0.3 is 9.47 Å². The van der Waals surface area contributed by atoms with Crippen molar-refractivity contribution in [2.45, 2.75) is 31.4 Å². The third kappa shape index (κ3) is 4.75. The molecule has 1 N–H and O–H groups in total. The normalized spacial score (nSPS) is 29.4. The molecule has 0 aromatic carbocycles. The van der Waals surface area contributed by atoms with Crippen molar-refractivity contribution in [3.63, 3.8) is 0 Å². The maximum absolute atomic E-state index is 12.4. The van der Waals surface area contributed by atoms with Crippen molar-refractivity contribution in [1.29, 1.82) is 0 Å². The van der Waals surface area contributed by atoms with E-state index in [1.165, 1.54) is 0 Å². The van der Waals surface area contributed by atoms with Gasteiger partial charge in [0.1, 0.15) is 17.2 Å². The molecule has 2 atom stereocenters. The summed E-state index contributed by atoms with van der Waals surface area (Å²) in [6.07, 6.45) is 8.33. The standard InChI is InChI=1S/C20H29N3O6S/c1-3-28-19(25)15-7-11-23(12-8-15)14-17(24)29-13-10-21-18-16-6-4-5-9-20(16,2)30(26,27)22-18/h4-6,9,15-16H,3,7-8,10-14H2,1-2H3,(H,21,22). The molecule has 3 aliphatic rings. The highest BCUT2D eigenvalue weighted by molar-refractivity contribution is 7.92. The first kappa shape index (κ1) is 22.5. The highest BCUT2D eigenvalue weighted by atomic mass is 32.2. The van der Waals surface area contributed by atoms with Gasteiger partial charge in [-0.25, -0.2) is 8.42 Å². The minimum Gasteiger partial charge on any atom is -0.466 e. The van der Waals surface area contributed by atoms with E-state index in [1.807, 2.05) is 11.0 Å². The van der Waals surface area contributed by atoms with Crippen LogP contribution in [0.5, 0.6) is 0 Å². The molecular formula is C20H29N3O6S. The number of ether oxygens (including phenoxy) is 2. The Bertz CT molecular complexity index is 858. The van der Waals surface area contributed by atoms with Crippen LogP contribution in [0.4, 0.5) is 0 Å². The molecule has 0 saturated carbocycles. The van der Waals surface area contributed by atoms with Gasteiger partial charge in [-0.1, -0.05) is 24.3 Å². The minimum absolute atomic E-state index is 0.0757. The Morgan fingerprint density at radius 2 is 2.00 bits per heavy atom. The van der Waals surface area contributed by atoms with Gasteiger partial charge in [-0.3, -0.25) is 24.2 Å². The van der Waals surface area contributed by atoms with E-state index in [2.05, 4.69) is 9.71 Å². The molecule has 2 aliphatic heterocycles. The van der Waals surface area contributed by atoms with Crippen LogP contribution in [0.25, 0.3) is 0 Å². The van der Waals surface area contributed by atoms with Crippen LogP contribution in [0.1, 0.15) is 26.7 Å². The van der Waals surface area contributed by atoms with E-state index in [0.29, 0.717) is 38.4 Å². The van der Waals surface area contributed by atoms with Gasteiger partial charge in [0.05, 0.1) is 31.5 Å². The fourth-order valence-corrected chi connectivity index (χ4v) is 5.39. The number of hydrogen-bond acceptors (Lipinski definition) is 8. The van der Waals surface area contributed by atoms with E-state index in [1.54, 1.807) is 32.1 Å². The van der Waals surface area contributed by atoms with Crippen molar-refractivity contribution in [3.05, 3.63) is 24.3 Å². The minimum atomic E-state index is -3.55. The zero-order chi connectivity index (χ0) is 21.8. The van der Waals surface area contributed by atoms with Gasteiger partial charge in [0.15, 0.2) is 0 Å². The van der Waals surface area contributed by atoms with Crippen molar-refractivity contribution in [2.75, 3.05) is 39.4 Å². The summed E-state index contributed by atoms with van der Waals surface area (Å²) < 4.78 is 36.6. The number of carbonyl (C=O) groups is 2. The summed E-state index contributed by atoms with van der Waals surface area (Å²) in [4.78, 5) is 30.1. The third-order valence-corrected chi connectivity index (χ3v) is 7.79. The van der Waals surface area contributed by atoms with Crippen LogP contribution in [-0.2, 0) is 29.1 Å². The van der Waals surface area contributed by atoms with Crippen LogP contribution in [0.2, 0.25) is 0 Å². The number of amidine groups is 1. The number of nitrogens with one attached hydrogen (secondary N) is 1. The molecule has 2 unspecified atom stereocenters. The lowest BCUT2D eigenvalue weighted by Gasteiger charge is -2.29. The van der Waals surface area contributed by atoms with Gasteiger partial charge in [-0.05, 0) is 39.8 Å². The van der Waals surface area contributed by atoms with Crippen LogP contribution in [0.15, 0.2) is 29.3 Å². The maximum atomic E-state index is 12.4. The summed E-state index contributed by atoms with van der Waals surface area (Å²) >= 11 is 0. The number of sulfonamides is 1. The van der Waals surface area contributed by atoms with Crippen molar-refractivity contribution in [1.82, 2.24) is 9.62 Å². The van der Waals surface area contributed by atoms with Crippen molar-refractivity contribution in [3.8, 4) is 0 Å². The molecule has 0 aromatic rings. The highest BCUT2D eigenvalue weighted by Gasteiger charge is 2.53. The van der Waals surface area contributed by atoms with Gasteiger partial charge in [0, 0.05) is 0 Å². The Labute approximate surface area is 177 Å². The average molecular weight is 440 g/mol. The Balaban J connectivity index is 1.41. The van der Waals surface area contributed by atoms with Gasteiger partial charge >= 0.3 is 11.9 Å². The molecule has 10 heteroatoms. The second kappa shape index (κ2) is 9.30. The Hall–Kier alpha value is -2.20. The molecule has 1 aliphatic carbocycles. The van der Waals surface area contributed by atoms with Crippen LogP contribution in [0, 0.1) is 11.8 Å². The van der Waals surface area contributed by atoms with Gasteiger partial charge in [0.2, 0.25) is 10.0 Å². The highest BCUT2D eigenvalue weighted by Crippen LogP contribution is 2.37. The SMILES string of the molecule is CCOC(=O)C1CCN(CC(=O)OCCN=C2NS(=O)(=O)C3(C)C=CC=CC23)CC1. The molecule has 30 heavy (non-hydrogen) atoms. The number of allylic oxidation sites excluding steroid dienone is 2. The number of hydrogen-bond donors (Lipinski definition) is 1. The summed E-state index contributed by atoms with van der Waals surface area (Å²) in [5.74, 6) is -0.625. The lowest BCUT2D eigenvalue weighted by molar-refractivity contribution is -0.150. The molecule has 166 valence electrons. The Kier molecular flexibility index (Phi) is 6.97. The number of piperidine rings is 1. The summed E-state index contributed by atoms with van der Waals surface area (Å²) in [6.45, 7) is 5.53. The fraction of sp³-hybridized carbons (Fsp3) is 0.650. The summed E-state index contributed by atoms with van der Waals surface area (Å²) in [7, 11) is -3.55. The number of nitrogens with zero attached hydrogens (tertiary/aromatic N) is 2. The molecule has 2 saturated heterocycles. The van der Waals surface area contributed by atoms with Crippen molar-refractivity contribution < 1.29 is 27.5 Å². The first-order valence-corrected chi connectivity index (χ1v) is 11.7. The maximum Gasteiger partial charge on any atom is 0.320 e. The van der Waals surface area contributed by atoms with E-state index in [-0.39, 0.29) is 43.5 Å². The van der Waals surface area contributed by atoms with Crippen LogP contribution in [0.3, 0.4) is 0 Å². The molecule has 2 fully saturated rings. The number of esters is 2. The topological polar surface area (TPSA) is 114 Å². The Morgan fingerprint density at radius 1 is 1.27 bits per heavy atom. The molecule has 0 amide bonds. The summed E-state index contributed by atoms with van der Waals surface area (Å²) in [5, 5.41) is 0. The number of fused-ring (bicyclic) bond motifs is 1. The van der Waals surface area contributed by atoms with Crippen LogP contribution < -0.4 is 4.72 Å². The van der Waals surface area contributed by atoms with Crippen molar-refractivity contribution in [2.24, 2.45) is 16.8 Å². The van der Waals surface area contributed by atoms with Gasteiger partial charge in [-0.15, -0.1) is 0 Å². The first-order valence-electron chi connectivity index (χ1n) is 10.2. The molecule has 2 heterocycles. The van der Waals surface area contributed by atoms with Gasteiger partial charge in [-0.2, -0.15) is 0 Å². The zero-order valence-corrected chi connectivity index (χ0v) is 18.2. The Morgan fingerprint density at radius 3 is 2.70 bits per heavy atom. The average Bonchev–Trinajstić information content (AvgIpc) is 2.91. The summed E-state index contributed by atoms with van der Waals surface area (Å²) in [6, 6.07) is 0.